The Labute approximate surface area is 123 Å². The zero-order valence-electron chi connectivity index (χ0n) is 13.6. The van der Waals surface area contributed by atoms with Gasteiger partial charge in [0.25, 0.3) is 0 Å². The van der Waals surface area contributed by atoms with Crippen molar-refractivity contribution in [1.29, 1.82) is 0 Å². The van der Waals surface area contributed by atoms with E-state index in [1.807, 2.05) is 6.20 Å². The number of hydrogen-bond donors (Lipinski definition) is 1. The molecule has 20 heavy (non-hydrogen) atoms. The second-order valence-corrected chi connectivity index (χ2v) is 6.70. The molecule has 0 aliphatic heterocycles. The summed E-state index contributed by atoms with van der Waals surface area (Å²) in [5, 5.41) is 3.47. The molecule has 3 nitrogen and oxygen atoms in total. The number of aromatic nitrogens is 1. The number of nitrogens with zero attached hydrogens (tertiary/aromatic N) is 2. The number of aryl methyl sites for hydroxylation is 1. The van der Waals surface area contributed by atoms with Gasteiger partial charge in [0.1, 0.15) is 5.82 Å². The molecule has 1 N–H and O–H groups in total. The van der Waals surface area contributed by atoms with Crippen molar-refractivity contribution < 1.29 is 0 Å². The largest absolute Gasteiger partial charge is 0.356 e. The molecule has 3 heteroatoms. The van der Waals surface area contributed by atoms with Crippen molar-refractivity contribution in [3.63, 3.8) is 0 Å². The van der Waals surface area contributed by atoms with Crippen LogP contribution in [0.25, 0.3) is 0 Å². The summed E-state index contributed by atoms with van der Waals surface area (Å²) >= 11 is 0. The van der Waals surface area contributed by atoms with Crippen LogP contribution in [0.15, 0.2) is 12.3 Å². The summed E-state index contributed by atoms with van der Waals surface area (Å²) in [6.45, 7) is 10.9. The van der Waals surface area contributed by atoms with Gasteiger partial charge in [-0.05, 0) is 62.3 Å². The Balaban J connectivity index is 1.97. The van der Waals surface area contributed by atoms with Crippen molar-refractivity contribution in [2.45, 2.75) is 53.1 Å². The third-order valence-electron chi connectivity index (χ3n) is 4.24. The zero-order valence-corrected chi connectivity index (χ0v) is 13.6. The fourth-order valence-corrected chi connectivity index (χ4v) is 2.68. The molecule has 1 heterocycles. The monoisotopic (exact) mass is 275 g/mol. The summed E-state index contributed by atoms with van der Waals surface area (Å²) in [5.74, 6) is 2.69. The van der Waals surface area contributed by atoms with Crippen LogP contribution in [0.1, 0.15) is 44.7 Å². The van der Waals surface area contributed by atoms with E-state index in [-0.39, 0.29) is 0 Å². The van der Waals surface area contributed by atoms with Crippen LogP contribution in [0.4, 0.5) is 5.82 Å². The van der Waals surface area contributed by atoms with Gasteiger partial charge in [0.15, 0.2) is 0 Å². The summed E-state index contributed by atoms with van der Waals surface area (Å²) in [7, 11) is 2.18. The molecule has 1 saturated carbocycles. The molecule has 0 spiro atoms. The molecule has 1 aromatic heterocycles. The number of pyridine rings is 1. The van der Waals surface area contributed by atoms with E-state index in [0.29, 0.717) is 12.0 Å². The maximum atomic E-state index is 4.69. The van der Waals surface area contributed by atoms with Crippen LogP contribution >= 0.6 is 0 Å². The smallest absolute Gasteiger partial charge is 0.131 e. The van der Waals surface area contributed by atoms with Crippen molar-refractivity contribution in [3.8, 4) is 0 Å². The summed E-state index contributed by atoms with van der Waals surface area (Å²) < 4.78 is 0. The van der Waals surface area contributed by atoms with Gasteiger partial charge in [-0.25, -0.2) is 4.98 Å². The van der Waals surface area contributed by atoms with Gasteiger partial charge in [0, 0.05) is 25.8 Å². The molecule has 1 fully saturated rings. The van der Waals surface area contributed by atoms with E-state index >= 15 is 0 Å². The number of nitrogens with one attached hydrogen (secondary N) is 1. The molecule has 0 radical (unpaired) electrons. The summed E-state index contributed by atoms with van der Waals surface area (Å²) in [6, 6.07) is 2.87. The molecule has 0 bridgehead atoms. The van der Waals surface area contributed by atoms with Gasteiger partial charge < -0.3 is 10.2 Å². The average molecular weight is 275 g/mol. The van der Waals surface area contributed by atoms with Crippen molar-refractivity contribution in [1.82, 2.24) is 10.3 Å². The number of hydrogen-bond acceptors (Lipinski definition) is 3. The first kappa shape index (κ1) is 15.3. The number of anilines is 1. The van der Waals surface area contributed by atoms with E-state index in [1.54, 1.807) is 0 Å². The third kappa shape index (κ3) is 3.95. The molecule has 112 valence electrons. The predicted octanol–water partition coefficient (Wildman–Crippen LogP) is 3.37. The van der Waals surface area contributed by atoms with Crippen LogP contribution in [-0.4, -0.2) is 24.6 Å². The van der Waals surface area contributed by atoms with Crippen molar-refractivity contribution in [2.75, 3.05) is 18.5 Å². The quantitative estimate of drug-likeness (QED) is 0.827. The van der Waals surface area contributed by atoms with Crippen LogP contribution in [-0.2, 0) is 6.54 Å². The Bertz CT molecular complexity index is 438. The Kier molecular flexibility index (Phi) is 5.03. The molecular weight excluding hydrogens is 246 g/mol. The predicted molar refractivity (Wildman–Crippen MR) is 86.1 cm³/mol. The SMILES string of the molecule is Cc1cc(CNCC(C)C)cnc1N(C)C(C)C1CC1. The summed E-state index contributed by atoms with van der Waals surface area (Å²) in [4.78, 5) is 7.04. The summed E-state index contributed by atoms with van der Waals surface area (Å²) in [6.07, 6.45) is 4.77. The molecule has 2 rings (SSSR count). The van der Waals surface area contributed by atoms with Crippen LogP contribution in [0.5, 0.6) is 0 Å². The van der Waals surface area contributed by atoms with Crippen molar-refractivity contribution in [3.05, 3.63) is 23.4 Å². The summed E-state index contributed by atoms with van der Waals surface area (Å²) in [5.41, 5.74) is 2.56. The minimum absolute atomic E-state index is 0.603. The molecule has 1 aliphatic carbocycles. The maximum Gasteiger partial charge on any atom is 0.131 e. The average Bonchev–Trinajstić information content (AvgIpc) is 3.21. The lowest BCUT2D eigenvalue weighted by Gasteiger charge is -2.27. The first-order valence-corrected chi connectivity index (χ1v) is 7.88. The van der Waals surface area contributed by atoms with Gasteiger partial charge in [-0.1, -0.05) is 13.8 Å². The molecule has 0 saturated heterocycles. The maximum absolute atomic E-state index is 4.69. The Hall–Kier alpha value is -1.09. The number of rotatable bonds is 7. The second kappa shape index (κ2) is 6.57. The Morgan fingerprint density at radius 3 is 2.60 bits per heavy atom. The topological polar surface area (TPSA) is 28.2 Å². The van der Waals surface area contributed by atoms with Gasteiger partial charge in [-0.15, -0.1) is 0 Å². The van der Waals surface area contributed by atoms with Crippen LogP contribution in [0.3, 0.4) is 0 Å². The van der Waals surface area contributed by atoms with Crippen LogP contribution in [0, 0.1) is 18.8 Å². The lowest BCUT2D eigenvalue weighted by Crippen LogP contribution is -2.32. The van der Waals surface area contributed by atoms with Gasteiger partial charge in [-0.2, -0.15) is 0 Å². The molecule has 1 atom stereocenters. The molecule has 1 aromatic rings. The zero-order chi connectivity index (χ0) is 14.7. The molecule has 1 unspecified atom stereocenters. The highest BCUT2D eigenvalue weighted by Gasteiger charge is 2.31. The highest BCUT2D eigenvalue weighted by molar-refractivity contribution is 5.47. The fourth-order valence-electron chi connectivity index (χ4n) is 2.68. The van der Waals surface area contributed by atoms with E-state index in [4.69, 9.17) is 4.98 Å². The first-order chi connectivity index (χ1) is 9.49. The standard InChI is InChI=1S/C17H29N3/c1-12(2)9-18-10-15-8-13(3)17(19-11-15)20(5)14(4)16-6-7-16/h8,11-12,14,16,18H,6-7,9-10H2,1-5H3. The van der Waals surface area contributed by atoms with Crippen LogP contribution < -0.4 is 10.2 Å². The lowest BCUT2D eigenvalue weighted by atomic mass is 10.1. The normalized spacial score (nSPS) is 16.5. The van der Waals surface area contributed by atoms with E-state index in [0.717, 1.165) is 24.8 Å². The van der Waals surface area contributed by atoms with Crippen molar-refractivity contribution >= 4 is 5.82 Å². The first-order valence-electron chi connectivity index (χ1n) is 7.88. The Morgan fingerprint density at radius 1 is 1.35 bits per heavy atom. The van der Waals surface area contributed by atoms with Gasteiger partial charge in [0.05, 0.1) is 0 Å². The van der Waals surface area contributed by atoms with Gasteiger partial charge in [-0.3, -0.25) is 0 Å². The van der Waals surface area contributed by atoms with E-state index in [2.05, 4.69) is 51.0 Å². The highest BCUT2D eigenvalue weighted by Crippen LogP contribution is 2.36. The fraction of sp³-hybridized carbons (Fsp3) is 0.706. The van der Waals surface area contributed by atoms with E-state index in [1.165, 1.54) is 24.0 Å². The molecule has 1 aliphatic rings. The second-order valence-electron chi connectivity index (χ2n) is 6.70. The Morgan fingerprint density at radius 2 is 2.05 bits per heavy atom. The van der Waals surface area contributed by atoms with E-state index in [9.17, 15) is 0 Å². The van der Waals surface area contributed by atoms with Crippen molar-refractivity contribution in [2.24, 2.45) is 11.8 Å². The minimum Gasteiger partial charge on any atom is -0.356 e. The molecular formula is C17H29N3. The van der Waals surface area contributed by atoms with Gasteiger partial charge in [0.2, 0.25) is 0 Å². The minimum atomic E-state index is 0.603. The third-order valence-corrected chi connectivity index (χ3v) is 4.24. The molecule has 0 aromatic carbocycles. The molecule has 0 amide bonds. The van der Waals surface area contributed by atoms with Crippen LogP contribution in [0.2, 0.25) is 0 Å². The highest BCUT2D eigenvalue weighted by atomic mass is 15.2. The van der Waals surface area contributed by atoms with E-state index < -0.39 is 0 Å². The van der Waals surface area contributed by atoms with Gasteiger partial charge >= 0.3 is 0 Å². The lowest BCUT2D eigenvalue weighted by molar-refractivity contribution is 0.551.